The lowest BCUT2D eigenvalue weighted by molar-refractivity contribution is -0.140. The number of hydrogen-bond acceptors (Lipinski definition) is 4. The SMILES string of the molecule is CCN1CCN(CCN2CCC3(CCN(C(C)C)CC3)CC2=O)CC1. The Labute approximate surface area is 154 Å². The Morgan fingerprint density at radius 3 is 2.04 bits per heavy atom. The first-order valence-electron chi connectivity index (χ1n) is 10.5. The summed E-state index contributed by atoms with van der Waals surface area (Å²) < 4.78 is 0. The molecule has 0 atom stereocenters. The van der Waals surface area contributed by atoms with Crippen molar-refractivity contribution < 1.29 is 4.79 Å². The van der Waals surface area contributed by atoms with Crippen LogP contribution < -0.4 is 0 Å². The van der Waals surface area contributed by atoms with Gasteiger partial charge < -0.3 is 14.7 Å². The maximum absolute atomic E-state index is 12.7. The van der Waals surface area contributed by atoms with E-state index >= 15 is 0 Å². The van der Waals surface area contributed by atoms with Crippen molar-refractivity contribution in [2.45, 2.75) is 52.5 Å². The normalized spacial score (nSPS) is 26.7. The number of amides is 1. The molecule has 5 nitrogen and oxygen atoms in total. The molecule has 3 heterocycles. The van der Waals surface area contributed by atoms with E-state index in [4.69, 9.17) is 0 Å². The number of piperidine rings is 2. The molecule has 0 unspecified atom stereocenters. The average Bonchev–Trinajstić information content (AvgIpc) is 2.62. The Morgan fingerprint density at radius 2 is 1.48 bits per heavy atom. The summed E-state index contributed by atoms with van der Waals surface area (Å²) in [6.07, 6.45) is 4.43. The summed E-state index contributed by atoms with van der Waals surface area (Å²) in [5, 5.41) is 0. The van der Waals surface area contributed by atoms with Gasteiger partial charge in [-0.15, -0.1) is 0 Å². The molecule has 1 amide bonds. The van der Waals surface area contributed by atoms with Crippen LogP contribution in [-0.4, -0.2) is 97.0 Å². The van der Waals surface area contributed by atoms with Crippen LogP contribution in [0.25, 0.3) is 0 Å². The molecular formula is C20H38N4O. The van der Waals surface area contributed by atoms with E-state index < -0.39 is 0 Å². The van der Waals surface area contributed by atoms with E-state index in [0.717, 1.165) is 45.7 Å². The first-order chi connectivity index (χ1) is 12.0. The van der Waals surface area contributed by atoms with Crippen molar-refractivity contribution in [3.63, 3.8) is 0 Å². The number of likely N-dealkylation sites (N-methyl/N-ethyl adjacent to an activating group) is 1. The van der Waals surface area contributed by atoms with Crippen LogP contribution >= 0.6 is 0 Å². The van der Waals surface area contributed by atoms with Gasteiger partial charge in [0.2, 0.25) is 5.91 Å². The summed E-state index contributed by atoms with van der Waals surface area (Å²) in [5.41, 5.74) is 0.311. The van der Waals surface area contributed by atoms with Crippen molar-refractivity contribution >= 4 is 5.91 Å². The lowest BCUT2D eigenvalue weighted by Gasteiger charge is -2.47. The summed E-state index contributed by atoms with van der Waals surface area (Å²) in [7, 11) is 0. The van der Waals surface area contributed by atoms with Gasteiger partial charge in [-0.2, -0.15) is 0 Å². The van der Waals surface area contributed by atoms with Crippen LogP contribution in [0.4, 0.5) is 0 Å². The molecule has 3 saturated heterocycles. The van der Waals surface area contributed by atoms with E-state index in [9.17, 15) is 4.79 Å². The molecule has 0 aromatic heterocycles. The molecule has 0 saturated carbocycles. The Hall–Kier alpha value is -0.650. The molecule has 25 heavy (non-hydrogen) atoms. The number of piperazine rings is 1. The van der Waals surface area contributed by atoms with Crippen LogP contribution in [-0.2, 0) is 4.79 Å². The zero-order valence-electron chi connectivity index (χ0n) is 16.7. The molecule has 0 bridgehead atoms. The molecule has 0 N–H and O–H groups in total. The van der Waals surface area contributed by atoms with Crippen molar-refractivity contribution in [3.8, 4) is 0 Å². The molecule has 0 radical (unpaired) electrons. The Bertz CT molecular complexity index is 437. The quantitative estimate of drug-likeness (QED) is 0.755. The number of nitrogens with zero attached hydrogens (tertiary/aromatic N) is 4. The molecule has 0 aromatic rings. The highest BCUT2D eigenvalue weighted by Gasteiger charge is 2.41. The smallest absolute Gasteiger partial charge is 0.223 e. The van der Waals surface area contributed by atoms with Crippen LogP contribution in [0, 0.1) is 5.41 Å². The maximum Gasteiger partial charge on any atom is 0.223 e. The monoisotopic (exact) mass is 350 g/mol. The molecule has 144 valence electrons. The van der Waals surface area contributed by atoms with Gasteiger partial charge in [0, 0.05) is 58.3 Å². The maximum atomic E-state index is 12.7. The number of carbonyl (C=O) groups excluding carboxylic acids is 1. The van der Waals surface area contributed by atoms with Gasteiger partial charge in [-0.05, 0) is 58.2 Å². The van der Waals surface area contributed by atoms with Crippen molar-refractivity contribution in [1.82, 2.24) is 19.6 Å². The van der Waals surface area contributed by atoms with E-state index in [-0.39, 0.29) is 0 Å². The minimum Gasteiger partial charge on any atom is -0.341 e. The zero-order valence-corrected chi connectivity index (χ0v) is 16.7. The molecule has 1 spiro atoms. The molecule has 0 aromatic carbocycles. The molecule has 3 rings (SSSR count). The summed E-state index contributed by atoms with van der Waals surface area (Å²) in [5.74, 6) is 0.413. The fraction of sp³-hybridized carbons (Fsp3) is 0.950. The third-order valence-corrected chi connectivity index (χ3v) is 6.98. The lowest BCUT2D eigenvalue weighted by atomic mass is 9.71. The van der Waals surface area contributed by atoms with Crippen LogP contribution in [0.1, 0.15) is 46.5 Å². The van der Waals surface area contributed by atoms with Gasteiger partial charge >= 0.3 is 0 Å². The van der Waals surface area contributed by atoms with E-state index in [1.807, 2.05) is 0 Å². The zero-order chi connectivity index (χ0) is 17.9. The number of rotatable bonds is 5. The van der Waals surface area contributed by atoms with E-state index in [1.165, 1.54) is 45.4 Å². The number of hydrogen-bond donors (Lipinski definition) is 0. The largest absolute Gasteiger partial charge is 0.341 e. The van der Waals surface area contributed by atoms with Crippen molar-refractivity contribution in [3.05, 3.63) is 0 Å². The fourth-order valence-electron chi connectivity index (χ4n) is 4.79. The second-order valence-corrected chi connectivity index (χ2v) is 8.71. The van der Waals surface area contributed by atoms with Gasteiger partial charge in [0.25, 0.3) is 0 Å². The highest BCUT2D eigenvalue weighted by Crippen LogP contribution is 2.42. The van der Waals surface area contributed by atoms with Gasteiger partial charge in [0.05, 0.1) is 0 Å². The van der Waals surface area contributed by atoms with E-state index in [0.29, 0.717) is 17.4 Å². The standard InChI is InChI=1S/C20H38N4O/c1-4-21-11-13-22(14-12-21)15-16-24-10-7-20(17-19(24)25)5-8-23(9-6-20)18(2)3/h18H,4-17H2,1-3H3. The molecule has 3 aliphatic heterocycles. The van der Waals surface area contributed by atoms with Crippen LogP contribution in [0.15, 0.2) is 0 Å². The number of carbonyl (C=O) groups is 1. The predicted octanol–water partition coefficient (Wildman–Crippen LogP) is 1.74. The van der Waals surface area contributed by atoms with Crippen molar-refractivity contribution in [2.24, 2.45) is 5.41 Å². The Morgan fingerprint density at radius 1 is 0.880 bits per heavy atom. The third-order valence-electron chi connectivity index (χ3n) is 6.98. The Kier molecular flexibility index (Phi) is 6.39. The highest BCUT2D eigenvalue weighted by molar-refractivity contribution is 5.77. The molecule has 3 fully saturated rings. The summed E-state index contributed by atoms with van der Waals surface area (Å²) in [6.45, 7) is 18.0. The summed E-state index contributed by atoms with van der Waals surface area (Å²) in [6, 6.07) is 0.640. The van der Waals surface area contributed by atoms with Crippen LogP contribution in [0.2, 0.25) is 0 Å². The minimum atomic E-state index is 0.311. The van der Waals surface area contributed by atoms with E-state index in [1.54, 1.807) is 0 Å². The van der Waals surface area contributed by atoms with Crippen LogP contribution in [0.5, 0.6) is 0 Å². The number of likely N-dealkylation sites (tertiary alicyclic amines) is 2. The van der Waals surface area contributed by atoms with Gasteiger partial charge in [-0.1, -0.05) is 6.92 Å². The van der Waals surface area contributed by atoms with Crippen LogP contribution in [0.3, 0.4) is 0 Å². The second kappa shape index (κ2) is 8.36. The first kappa shape index (κ1) is 19.1. The summed E-state index contributed by atoms with van der Waals surface area (Å²) in [4.78, 5) is 22.5. The topological polar surface area (TPSA) is 30.0 Å². The van der Waals surface area contributed by atoms with Gasteiger partial charge in [0.15, 0.2) is 0 Å². The molecule has 5 heteroatoms. The van der Waals surface area contributed by atoms with Crippen molar-refractivity contribution in [2.75, 3.05) is 65.4 Å². The highest BCUT2D eigenvalue weighted by atomic mass is 16.2. The van der Waals surface area contributed by atoms with E-state index in [2.05, 4.69) is 40.4 Å². The minimum absolute atomic E-state index is 0.311. The Balaban J connectivity index is 1.41. The van der Waals surface area contributed by atoms with Gasteiger partial charge in [-0.3, -0.25) is 9.69 Å². The fourth-order valence-corrected chi connectivity index (χ4v) is 4.79. The molecule has 0 aliphatic carbocycles. The molecular weight excluding hydrogens is 312 g/mol. The lowest BCUT2D eigenvalue weighted by Crippen LogP contribution is -2.52. The first-order valence-corrected chi connectivity index (χ1v) is 10.5. The third kappa shape index (κ3) is 4.75. The van der Waals surface area contributed by atoms with Crippen molar-refractivity contribution in [1.29, 1.82) is 0 Å². The average molecular weight is 351 g/mol. The predicted molar refractivity (Wildman–Crippen MR) is 103 cm³/mol. The van der Waals surface area contributed by atoms with Gasteiger partial charge in [-0.25, -0.2) is 0 Å². The molecule has 3 aliphatic rings. The van der Waals surface area contributed by atoms with Gasteiger partial charge in [0.1, 0.15) is 0 Å². The summed E-state index contributed by atoms with van der Waals surface area (Å²) >= 11 is 0. The second-order valence-electron chi connectivity index (χ2n) is 8.71.